The van der Waals surface area contributed by atoms with E-state index in [0.29, 0.717) is 11.4 Å². The summed E-state index contributed by atoms with van der Waals surface area (Å²) >= 11 is 1.49. The minimum atomic E-state index is -3.73. The van der Waals surface area contributed by atoms with E-state index in [1.807, 2.05) is 18.4 Å². The number of thioether (sulfide) groups is 1. The van der Waals surface area contributed by atoms with Gasteiger partial charge in [-0.15, -0.1) is 11.8 Å². The zero-order valence-electron chi connectivity index (χ0n) is 15.6. The molecule has 0 spiro atoms. The van der Waals surface area contributed by atoms with Gasteiger partial charge in [-0.2, -0.15) is 0 Å². The quantitative estimate of drug-likeness (QED) is 0.674. The van der Waals surface area contributed by atoms with E-state index in [-0.39, 0.29) is 18.0 Å². The van der Waals surface area contributed by atoms with Crippen molar-refractivity contribution in [3.05, 3.63) is 42.5 Å². The molecule has 2 aromatic rings. The fourth-order valence-corrected chi connectivity index (χ4v) is 3.85. The van der Waals surface area contributed by atoms with Crippen LogP contribution in [0.15, 0.2) is 47.4 Å². The lowest BCUT2D eigenvalue weighted by molar-refractivity contribution is -0.114. The summed E-state index contributed by atoms with van der Waals surface area (Å²) < 4.78 is 36.1. The lowest BCUT2D eigenvalue weighted by atomic mass is 10.2. The highest BCUT2D eigenvalue weighted by Gasteiger charge is 2.24. The van der Waals surface area contributed by atoms with Crippen LogP contribution in [0.25, 0.3) is 0 Å². The summed E-state index contributed by atoms with van der Waals surface area (Å²) in [6, 6.07) is 12.0. The summed E-state index contributed by atoms with van der Waals surface area (Å²) in [6.07, 6.45) is 2.94. The molecule has 0 heterocycles. The Morgan fingerprint density at radius 2 is 1.85 bits per heavy atom. The van der Waals surface area contributed by atoms with Gasteiger partial charge in [0.15, 0.2) is 0 Å². The lowest BCUT2D eigenvalue weighted by Gasteiger charge is -2.24. The summed E-state index contributed by atoms with van der Waals surface area (Å²) in [5.74, 6) is 0.347. The Morgan fingerprint density at radius 3 is 2.44 bits per heavy atom. The SMILES string of the molecule is COc1ccc(N(CC(=O)Nc2ccccc2SC)S(C)(=O)=O)c(OC)c1. The van der Waals surface area contributed by atoms with Gasteiger partial charge in [0.25, 0.3) is 0 Å². The van der Waals surface area contributed by atoms with Crippen LogP contribution < -0.4 is 19.1 Å². The van der Waals surface area contributed by atoms with E-state index < -0.39 is 15.9 Å². The molecule has 2 rings (SSSR count). The van der Waals surface area contributed by atoms with Crippen LogP contribution in [0.3, 0.4) is 0 Å². The number of rotatable bonds is 8. The average Bonchev–Trinajstić information content (AvgIpc) is 2.65. The third-order valence-electron chi connectivity index (χ3n) is 3.72. The maximum Gasteiger partial charge on any atom is 0.245 e. The summed E-state index contributed by atoms with van der Waals surface area (Å²) in [5, 5.41) is 2.76. The van der Waals surface area contributed by atoms with E-state index in [9.17, 15) is 13.2 Å². The molecule has 0 fully saturated rings. The van der Waals surface area contributed by atoms with Crippen LogP contribution in [0.1, 0.15) is 0 Å². The highest BCUT2D eigenvalue weighted by Crippen LogP contribution is 2.33. The molecule has 0 atom stereocenters. The van der Waals surface area contributed by atoms with Crippen molar-refractivity contribution in [2.45, 2.75) is 4.90 Å². The number of para-hydroxylation sites is 1. The topological polar surface area (TPSA) is 84.9 Å². The lowest BCUT2D eigenvalue weighted by Crippen LogP contribution is -2.37. The molecule has 9 heteroatoms. The Morgan fingerprint density at radius 1 is 1.15 bits per heavy atom. The number of hydrogen-bond acceptors (Lipinski definition) is 6. The third-order valence-corrected chi connectivity index (χ3v) is 5.65. The maximum atomic E-state index is 12.5. The number of amides is 1. The first-order valence-electron chi connectivity index (χ1n) is 7.92. The number of anilines is 2. The number of methoxy groups -OCH3 is 2. The molecule has 0 radical (unpaired) electrons. The van der Waals surface area contributed by atoms with Gasteiger partial charge >= 0.3 is 0 Å². The molecule has 27 heavy (non-hydrogen) atoms. The van der Waals surface area contributed by atoms with Crippen LogP contribution >= 0.6 is 11.8 Å². The van der Waals surface area contributed by atoms with Gasteiger partial charge in [-0.05, 0) is 30.5 Å². The second-order valence-electron chi connectivity index (χ2n) is 5.56. The third kappa shape index (κ3) is 5.30. The van der Waals surface area contributed by atoms with Gasteiger partial charge < -0.3 is 14.8 Å². The largest absolute Gasteiger partial charge is 0.497 e. The predicted octanol–water partition coefficient (Wildman–Crippen LogP) is 2.83. The van der Waals surface area contributed by atoms with Crippen molar-refractivity contribution < 1.29 is 22.7 Å². The normalized spacial score (nSPS) is 11.0. The molecular formula is C18H22N2O5S2. The fourth-order valence-electron chi connectivity index (χ4n) is 2.44. The van der Waals surface area contributed by atoms with Crippen molar-refractivity contribution in [2.75, 3.05) is 42.9 Å². The van der Waals surface area contributed by atoms with E-state index in [4.69, 9.17) is 9.47 Å². The van der Waals surface area contributed by atoms with Gasteiger partial charge in [0.2, 0.25) is 15.9 Å². The zero-order chi connectivity index (χ0) is 20.0. The molecule has 0 unspecified atom stereocenters. The molecule has 0 bridgehead atoms. The molecule has 0 aliphatic heterocycles. The van der Waals surface area contributed by atoms with E-state index in [1.165, 1.54) is 26.0 Å². The molecule has 0 aliphatic carbocycles. The number of nitrogens with zero attached hydrogens (tertiary/aromatic N) is 1. The van der Waals surface area contributed by atoms with Crippen molar-refractivity contribution in [2.24, 2.45) is 0 Å². The minimum absolute atomic E-state index is 0.258. The van der Waals surface area contributed by atoms with Crippen molar-refractivity contribution in [1.82, 2.24) is 0 Å². The molecule has 146 valence electrons. The second-order valence-corrected chi connectivity index (χ2v) is 8.31. The van der Waals surface area contributed by atoms with Crippen LogP contribution in [0, 0.1) is 0 Å². The van der Waals surface area contributed by atoms with E-state index in [0.717, 1.165) is 15.5 Å². The summed E-state index contributed by atoms with van der Waals surface area (Å²) in [5.41, 5.74) is 0.888. The van der Waals surface area contributed by atoms with Crippen molar-refractivity contribution >= 4 is 39.1 Å². The Balaban J connectivity index is 2.32. The van der Waals surface area contributed by atoms with Gasteiger partial charge in [0.1, 0.15) is 18.0 Å². The number of ether oxygens (including phenoxy) is 2. The number of benzene rings is 2. The monoisotopic (exact) mass is 410 g/mol. The van der Waals surface area contributed by atoms with Crippen LogP contribution in [-0.4, -0.2) is 47.6 Å². The smallest absolute Gasteiger partial charge is 0.245 e. The minimum Gasteiger partial charge on any atom is -0.497 e. The molecule has 0 aliphatic rings. The summed E-state index contributed by atoms with van der Waals surface area (Å²) in [4.78, 5) is 13.4. The summed E-state index contributed by atoms with van der Waals surface area (Å²) in [6.45, 7) is -0.385. The average molecular weight is 411 g/mol. The zero-order valence-corrected chi connectivity index (χ0v) is 17.2. The van der Waals surface area contributed by atoms with Gasteiger partial charge in [-0.3, -0.25) is 9.10 Å². The second kappa shape index (κ2) is 9.01. The molecule has 7 nitrogen and oxygen atoms in total. The molecule has 1 amide bonds. The van der Waals surface area contributed by atoms with Crippen LogP contribution in [0.5, 0.6) is 11.5 Å². The molecule has 0 saturated heterocycles. The molecule has 1 N–H and O–H groups in total. The number of hydrogen-bond donors (Lipinski definition) is 1. The summed E-state index contributed by atoms with van der Waals surface area (Å²) in [7, 11) is -0.803. The molecule has 2 aromatic carbocycles. The number of carbonyl (C=O) groups excluding carboxylic acids is 1. The van der Waals surface area contributed by atoms with Crippen LogP contribution in [-0.2, 0) is 14.8 Å². The molecular weight excluding hydrogens is 388 g/mol. The Bertz CT molecular complexity index is 916. The maximum absolute atomic E-state index is 12.5. The van der Waals surface area contributed by atoms with Crippen molar-refractivity contribution in [3.8, 4) is 11.5 Å². The van der Waals surface area contributed by atoms with Gasteiger partial charge in [0, 0.05) is 11.0 Å². The van der Waals surface area contributed by atoms with Crippen molar-refractivity contribution in [1.29, 1.82) is 0 Å². The van der Waals surface area contributed by atoms with E-state index in [1.54, 1.807) is 30.3 Å². The number of nitrogens with one attached hydrogen (secondary N) is 1. The first-order valence-corrected chi connectivity index (χ1v) is 11.0. The predicted molar refractivity (Wildman–Crippen MR) is 109 cm³/mol. The highest BCUT2D eigenvalue weighted by molar-refractivity contribution is 7.98. The standard InChI is InChI=1S/C18H22N2O5S2/c1-24-13-9-10-15(16(11-13)25-2)20(27(4,22)23)12-18(21)19-14-7-5-6-8-17(14)26-3/h5-11H,12H2,1-4H3,(H,19,21). The number of carbonyl (C=O) groups is 1. The first-order chi connectivity index (χ1) is 12.8. The first kappa shape index (κ1) is 20.9. The Kier molecular flexibility index (Phi) is 6.98. The van der Waals surface area contributed by atoms with Gasteiger partial charge in [0.05, 0.1) is 31.9 Å². The van der Waals surface area contributed by atoms with Gasteiger partial charge in [-0.1, -0.05) is 12.1 Å². The van der Waals surface area contributed by atoms with E-state index in [2.05, 4.69) is 5.32 Å². The van der Waals surface area contributed by atoms with Gasteiger partial charge in [-0.25, -0.2) is 8.42 Å². The van der Waals surface area contributed by atoms with Crippen molar-refractivity contribution in [3.63, 3.8) is 0 Å². The fraction of sp³-hybridized carbons (Fsp3) is 0.278. The highest BCUT2D eigenvalue weighted by atomic mass is 32.2. The molecule has 0 aromatic heterocycles. The Labute approximate surface area is 163 Å². The number of sulfonamides is 1. The Hall–Kier alpha value is -2.39. The van der Waals surface area contributed by atoms with Crippen LogP contribution in [0.4, 0.5) is 11.4 Å². The van der Waals surface area contributed by atoms with Crippen LogP contribution in [0.2, 0.25) is 0 Å². The molecule has 0 saturated carbocycles. The van der Waals surface area contributed by atoms with E-state index >= 15 is 0 Å².